The maximum atomic E-state index is 2.52. The number of rotatable bonds is 5. The Morgan fingerprint density at radius 3 is 2.00 bits per heavy atom. The Kier molecular flexibility index (Phi) is 7.34. The highest BCUT2D eigenvalue weighted by atomic mass is 15.1. The highest BCUT2D eigenvalue weighted by Gasteiger charge is 2.37. The van der Waals surface area contributed by atoms with E-state index in [0.29, 0.717) is 0 Å². The smallest absolute Gasteiger partial charge is 0.0546 e. The minimum atomic E-state index is -0.123. The van der Waals surface area contributed by atoms with Crippen molar-refractivity contribution in [1.82, 2.24) is 0 Å². The van der Waals surface area contributed by atoms with Crippen LogP contribution in [-0.2, 0) is 10.8 Å². The van der Waals surface area contributed by atoms with Crippen LogP contribution < -0.4 is 4.90 Å². The van der Waals surface area contributed by atoms with Crippen molar-refractivity contribution in [2.45, 2.75) is 52.4 Å². The van der Waals surface area contributed by atoms with Crippen LogP contribution in [0.2, 0.25) is 0 Å². The van der Waals surface area contributed by atoms with Crippen molar-refractivity contribution in [1.29, 1.82) is 0 Å². The number of aryl methyl sites for hydroxylation is 1. The van der Waals surface area contributed by atoms with Crippen LogP contribution in [0.25, 0.3) is 44.2 Å². The van der Waals surface area contributed by atoms with Crippen molar-refractivity contribution < 1.29 is 0 Å². The molecule has 0 spiro atoms. The number of hydrogen-bond acceptors (Lipinski definition) is 1. The van der Waals surface area contributed by atoms with Gasteiger partial charge in [0.1, 0.15) is 0 Å². The third-order valence-corrected chi connectivity index (χ3v) is 10.5. The highest BCUT2D eigenvalue weighted by Crippen LogP contribution is 2.54. The number of nitrogens with zero attached hydrogens (tertiary/aromatic N) is 1. The lowest BCUT2D eigenvalue weighted by molar-refractivity contribution is 0.592. The fourth-order valence-electron chi connectivity index (χ4n) is 8.12. The van der Waals surface area contributed by atoms with Crippen LogP contribution in [0.3, 0.4) is 0 Å². The van der Waals surface area contributed by atoms with Crippen molar-refractivity contribution in [3.63, 3.8) is 0 Å². The second-order valence-electron chi connectivity index (χ2n) is 15.0. The average Bonchev–Trinajstić information content (AvgIpc) is 3.35. The molecule has 0 fully saturated rings. The number of fused-ring (bicyclic) bond motifs is 4. The molecule has 8 rings (SSSR count). The Hall–Kier alpha value is -5.40. The first-order valence-corrected chi connectivity index (χ1v) is 17.5. The topological polar surface area (TPSA) is 3.24 Å². The molecular formula is C48H43N. The van der Waals surface area contributed by atoms with E-state index in [1.165, 1.54) is 72.1 Å². The molecule has 0 saturated carbocycles. The first-order valence-electron chi connectivity index (χ1n) is 17.5. The van der Waals surface area contributed by atoms with Crippen LogP contribution in [0.5, 0.6) is 0 Å². The number of anilines is 3. The van der Waals surface area contributed by atoms with E-state index >= 15 is 0 Å². The summed E-state index contributed by atoms with van der Waals surface area (Å²) in [5.74, 6) is 0. The molecule has 1 nitrogen and oxygen atoms in total. The zero-order chi connectivity index (χ0) is 33.9. The van der Waals surface area contributed by atoms with Gasteiger partial charge in [-0.25, -0.2) is 0 Å². The van der Waals surface area contributed by atoms with Gasteiger partial charge in [0, 0.05) is 22.2 Å². The number of para-hydroxylation sites is 1. The molecule has 7 aromatic carbocycles. The van der Waals surface area contributed by atoms with E-state index in [0.717, 1.165) is 11.4 Å². The summed E-state index contributed by atoms with van der Waals surface area (Å²) in [6.45, 7) is 14.0. The normalized spacial score (nSPS) is 13.3. The molecule has 240 valence electrons. The Bertz CT molecular complexity index is 2350. The van der Waals surface area contributed by atoms with Gasteiger partial charge in [-0.1, -0.05) is 162 Å². The van der Waals surface area contributed by atoms with Crippen molar-refractivity contribution >= 4 is 27.8 Å². The summed E-state index contributed by atoms with van der Waals surface area (Å²) in [7, 11) is 0. The van der Waals surface area contributed by atoms with Gasteiger partial charge in [0.05, 0.1) is 11.4 Å². The maximum Gasteiger partial charge on any atom is 0.0546 e. The molecule has 0 bridgehead atoms. The average molecular weight is 634 g/mol. The Morgan fingerprint density at radius 1 is 0.510 bits per heavy atom. The summed E-state index contributed by atoms with van der Waals surface area (Å²) in [5, 5.41) is 2.49. The van der Waals surface area contributed by atoms with Crippen molar-refractivity contribution in [3.8, 4) is 33.4 Å². The molecular weight excluding hydrogens is 591 g/mol. The van der Waals surface area contributed by atoms with Crippen LogP contribution in [-0.4, -0.2) is 0 Å². The molecule has 7 aromatic rings. The summed E-state index contributed by atoms with van der Waals surface area (Å²) in [6, 6.07) is 56.1. The van der Waals surface area contributed by atoms with E-state index in [-0.39, 0.29) is 10.8 Å². The van der Waals surface area contributed by atoms with Gasteiger partial charge in [-0.05, 0) is 91.9 Å². The van der Waals surface area contributed by atoms with Crippen LogP contribution in [0.4, 0.5) is 17.1 Å². The second-order valence-corrected chi connectivity index (χ2v) is 15.0. The third-order valence-electron chi connectivity index (χ3n) is 10.5. The zero-order valence-corrected chi connectivity index (χ0v) is 29.4. The molecule has 0 unspecified atom stereocenters. The van der Waals surface area contributed by atoms with Crippen LogP contribution >= 0.6 is 0 Å². The summed E-state index contributed by atoms with van der Waals surface area (Å²) in [5.41, 5.74) is 16.4. The first kappa shape index (κ1) is 30.9. The van der Waals surface area contributed by atoms with E-state index in [1.807, 2.05) is 0 Å². The van der Waals surface area contributed by atoms with Crippen LogP contribution in [0, 0.1) is 6.92 Å². The van der Waals surface area contributed by atoms with Gasteiger partial charge < -0.3 is 4.90 Å². The summed E-state index contributed by atoms with van der Waals surface area (Å²) in [4.78, 5) is 2.52. The predicted molar refractivity (Wildman–Crippen MR) is 211 cm³/mol. The van der Waals surface area contributed by atoms with Gasteiger partial charge in [-0.3, -0.25) is 0 Å². The molecule has 0 saturated heterocycles. The van der Waals surface area contributed by atoms with Gasteiger partial charge in [0.15, 0.2) is 0 Å². The van der Waals surface area contributed by atoms with Gasteiger partial charge in [0.25, 0.3) is 0 Å². The van der Waals surface area contributed by atoms with Crippen molar-refractivity contribution in [2.24, 2.45) is 0 Å². The number of hydrogen-bond donors (Lipinski definition) is 0. The van der Waals surface area contributed by atoms with Crippen LogP contribution in [0.1, 0.15) is 56.9 Å². The van der Waals surface area contributed by atoms with Gasteiger partial charge >= 0.3 is 0 Å². The Morgan fingerprint density at radius 2 is 1.20 bits per heavy atom. The zero-order valence-electron chi connectivity index (χ0n) is 29.4. The predicted octanol–water partition coefficient (Wildman–Crippen LogP) is 13.6. The maximum absolute atomic E-state index is 2.52. The molecule has 0 aromatic heterocycles. The van der Waals surface area contributed by atoms with Gasteiger partial charge in [-0.15, -0.1) is 0 Å². The second kappa shape index (κ2) is 11.6. The van der Waals surface area contributed by atoms with Gasteiger partial charge in [-0.2, -0.15) is 0 Å². The molecule has 0 aliphatic heterocycles. The van der Waals surface area contributed by atoms with Crippen molar-refractivity contribution in [2.75, 3.05) is 4.90 Å². The first-order chi connectivity index (χ1) is 23.6. The number of benzene rings is 7. The molecule has 0 heterocycles. The summed E-state index contributed by atoms with van der Waals surface area (Å²) < 4.78 is 0. The van der Waals surface area contributed by atoms with Gasteiger partial charge in [0.2, 0.25) is 0 Å². The summed E-state index contributed by atoms with van der Waals surface area (Å²) in [6.07, 6.45) is 0. The van der Waals surface area contributed by atoms with E-state index in [4.69, 9.17) is 0 Å². The Balaban J connectivity index is 1.47. The largest absolute Gasteiger partial charge is 0.309 e. The Labute approximate surface area is 291 Å². The highest BCUT2D eigenvalue weighted by molar-refractivity contribution is 6.07. The lowest BCUT2D eigenvalue weighted by atomic mass is 9.80. The molecule has 0 amide bonds. The molecule has 1 heteroatoms. The molecule has 0 atom stereocenters. The minimum absolute atomic E-state index is 0.0428. The SMILES string of the molecule is Cc1cccc2c1-c1ccc(N(c3ccccc3-c3ccccc3)c3ccc4ccccc4c3-c3ccccc3C(C)(C)C)cc1C2(C)C. The van der Waals surface area contributed by atoms with E-state index in [2.05, 4.69) is 198 Å². The van der Waals surface area contributed by atoms with E-state index < -0.39 is 0 Å². The lowest BCUT2D eigenvalue weighted by Crippen LogP contribution is -2.18. The fourth-order valence-corrected chi connectivity index (χ4v) is 8.12. The molecule has 1 aliphatic carbocycles. The molecule has 1 aliphatic rings. The summed E-state index contributed by atoms with van der Waals surface area (Å²) >= 11 is 0. The van der Waals surface area contributed by atoms with E-state index in [9.17, 15) is 0 Å². The van der Waals surface area contributed by atoms with Crippen molar-refractivity contribution in [3.05, 3.63) is 174 Å². The standard InChI is InChI=1S/C48H43N/c1-32-17-16-25-41-45(32)39-29-28-35(31-42(39)48(41,5)6)49(43-26-15-13-21-36(43)33-18-8-7-9-19-33)44-30-27-34-20-10-11-22-37(34)46(44)38-23-12-14-24-40(38)47(2,3)4/h7-31H,1-6H3. The third kappa shape index (κ3) is 5.08. The molecule has 0 radical (unpaired) electrons. The molecule has 0 N–H and O–H groups in total. The lowest BCUT2D eigenvalue weighted by Gasteiger charge is -2.33. The van der Waals surface area contributed by atoms with E-state index in [1.54, 1.807) is 0 Å². The fraction of sp³-hybridized carbons (Fsp3) is 0.167. The quantitative estimate of drug-likeness (QED) is 0.182. The minimum Gasteiger partial charge on any atom is -0.309 e. The monoisotopic (exact) mass is 633 g/mol. The van der Waals surface area contributed by atoms with Crippen LogP contribution in [0.15, 0.2) is 152 Å². The molecule has 49 heavy (non-hydrogen) atoms.